The fourth-order valence-corrected chi connectivity index (χ4v) is 1.04. The van der Waals surface area contributed by atoms with Gasteiger partial charge in [0.25, 0.3) is 0 Å². The van der Waals surface area contributed by atoms with Gasteiger partial charge in [-0.3, -0.25) is 5.41 Å². The van der Waals surface area contributed by atoms with Crippen LogP contribution in [0.15, 0.2) is 18.2 Å². The highest BCUT2D eigenvalue weighted by Gasteiger charge is 2.00. The number of nitrogens with one attached hydrogen (secondary N) is 1. The summed E-state index contributed by atoms with van der Waals surface area (Å²) < 4.78 is 0. The molecule has 0 bridgehead atoms. The number of hydrogen-bond acceptors (Lipinski definition) is 2. The second kappa shape index (κ2) is 3.36. The number of aryl methyl sites for hydroxylation is 1. The van der Waals surface area contributed by atoms with Gasteiger partial charge < -0.3 is 10.8 Å². The van der Waals surface area contributed by atoms with E-state index < -0.39 is 0 Å². The van der Waals surface area contributed by atoms with Gasteiger partial charge in [-0.1, -0.05) is 12.1 Å². The molecule has 0 saturated carbocycles. The number of nitrogens with two attached hydrogens (primary N) is 1. The van der Waals surface area contributed by atoms with Crippen molar-refractivity contribution in [2.24, 2.45) is 5.73 Å². The minimum absolute atomic E-state index is 0.0318. The summed E-state index contributed by atoms with van der Waals surface area (Å²) in [7, 11) is 0. The first-order valence-corrected chi connectivity index (χ1v) is 3.70. The normalized spacial score (nSPS) is 9.83. The van der Waals surface area contributed by atoms with Crippen LogP contribution in [0.4, 0.5) is 0 Å². The highest BCUT2D eigenvalue weighted by atomic mass is 16.3. The zero-order chi connectivity index (χ0) is 9.14. The van der Waals surface area contributed by atoms with Crippen molar-refractivity contribution in [2.45, 2.75) is 13.5 Å². The summed E-state index contributed by atoms with van der Waals surface area (Å²) in [4.78, 5) is 0. The Morgan fingerprint density at radius 1 is 1.58 bits per heavy atom. The van der Waals surface area contributed by atoms with E-state index in [0.717, 1.165) is 11.1 Å². The van der Waals surface area contributed by atoms with Gasteiger partial charge in [0.15, 0.2) is 0 Å². The smallest absolute Gasteiger partial charge is 0.122 e. The van der Waals surface area contributed by atoms with Crippen molar-refractivity contribution >= 4 is 5.84 Å². The average molecular weight is 164 g/mol. The van der Waals surface area contributed by atoms with E-state index in [-0.39, 0.29) is 12.4 Å². The summed E-state index contributed by atoms with van der Waals surface area (Å²) in [6.07, 6.45) is 0. The number of benzene rings is 1. The maximum Gasteiger partial charge on any atom is 0.122 e. The van der Waals surface area contributed by atoms with E-state index >= 15 is 0 Å². The summed E-state index contributed by atoms with van der Waals surface area (Å²) in [6.45, 7) is 1.92. The molecule has 0 unspecified atom stereocenters. The van der Waals surface area contributed by atoms with E-state index in [9.17, 15) is 0 Å². The van der Waals surface area contributed by atoms with Gasteiger partial charge in [0.05, 0.1) is 6.61 Å². The fraction of sp³-hybridized carbons (Fsp3) is 0.222. The van der Waals surface area contributed by atoms with Gasteiger partial charge in [0.2, 0.25) is 0 Å². The first kappa shape index (κ1) is 8.74. The zero-order valence-corrected chi connectivity index (χ0v) is 6.96. The number of amidine groups is 1. The molecule has 0 heterocycles. The van der Waals surface area contributed by atoms with E-state index in [2.05, 4.69) is 0 Å². The van der Waals surface area contributed by atoms with Gasteiger partial charge in [0, 0.05) is 5.56 Å². The maximum absolute atomic E-state index is 8.86. The molecule has 0 radical (unpaired) electrons. The monoisotopic (exact) mass is 164 g/mol. The molecule has 3 nitrogen and oxygen atoms in total. The van der Waals surface area contributed by atoms with Crippen LogP contribution in [0.1, 0.15) is 16.7 Å². The molecule has 1 aromatic carbocycles. The lowest BCUT2D eigenvalue weighted by atomic mass is 10.1. The van der Waals surface area contributed by atoms with Crippen molar-refractivity contribution in [2.75, 3.05) is 0 Å². The standard InChI is InChI=1S/C9H12N2O/c1-6-4-7(9(10)11)2-3-8(6)5-12/h2-4,12H,5H2,1H3,(H3,10,11). The summed E-state index contributed by atoms with van der Waals surface area (Å²) in [6, 6.07) is 5.32. The predicted octanol–water partition coefficient (Wildman–Crippen LogP) is 0.771. The Morgan fingerprint density at radius 2 is 2.25 bits per heavy atom. The number of rotatable bonds is 2. The van der Waals surface area contributed by atoms with Crippen LogP contribution in [0, 0.1) is 12.3 Å². The molecule has 0 aliphatic carbocycles. The van der Waals surface area contributed by atoms with Crippen molar-refractivity contribution in [3.05, 3.63) is 34.9 Å². The summed E-state index contributed by atoms with van der Waals surface area (Å²) in [5.41, 5.74) is 7.83. The second-order valence-electron chi connectivity index (χ2n) is 2.71. The van der Waals surface area contributed by atoms with E-state index in [1.54, 1.807) is 18.2 Å². The first-order chi connectivity index (χ1) is 5.65. The first-order valence-electron chi connectivity index (χ1n) is 3.70. The molecule has 4 N–H and O–H groups in total. The van der Waals surface area contributed by atoms with E-state index in [4.69, 9.17) is 16.2 Å². The number of aliphatic hydroxyl groups is 1. The number of hydrogen-bond donors (Lipinski definition) is 3. The Bertz CT molecular complexity index is 307. The molecule has 0 atom stereocenters. The Hall–Kier alpha value is -1.35. The van der Waals surface area contributed by atoms with E-state index in [0.29, 0.717) is 5.56 Å². The van der Waals surface area contributed by atoms with Crippen LogP contribution in [-0.4, -0.2) is 10.9 Å². The van der Waals surface area contributed by atoms with Gasteiger partial charge >= 0.3 is 0 Å². The van der Waals surface area contributed by atoms with Gasteiger partial charge in [-0.25, -0.2) is 0 Å². The van der Waals surface area contributed by atoms with Crippen LogP contribution in [-0.2, 0) is 6.61 Å². The van der Waals surface area contributed by atoms with Crippen molar-refractivity contribution < 1.29 is 5.11 Å². The third-order valence-corrected chi connectivity index (χ3v) is 1.82. The van der Waals surface area contributed by atoms with E-state index in [1.165, 1.54) is 0 Å². The van der Waals surface area contributed by atoms with Gasteiger partial charge in [0.1, 0.15) is 5.84 Å². The molecule has 0 aliphatic rings. The van der Waals surface area contributed by atoms with Crippen LogP contribution in [0.25, 0.3) is 0 Å². The lowest BCUT2D eigenvalue weighted by Gasteiger charge is -2.04. The molecule has 1 rings (SSSR count). The van der Waals surface area contributed by atoms with Gasteiger partial charge in [-0.2, -0.15) is 0 Å². The quantitative estimate of drug-likeness (QED) is 0.446. The van der Waals surface area contributed by atoms with Crippen molar-refractivity contribution in [3.8, 4) is 0 Å². The van der Waals surface area contributed by atoms with Crippen LogP contribution >= 0.6 is 0 Å². The largest absolute Gasteiger partial charge is 0.392 e. The third-order valence-electron chi connectivity index (χ3n) is 1.82. The minimum atomic E-state index is 0.0318. The minimum Gasteiger partial charge on any atom is -0.392 e. The second-order valence-corrected chi connectivity index (χ2v) is 2.71. The van der Waals surface area contributed by atoms with Gasteiger partial charge in [-0.05, 0) is 24.1 Å². The lowest BCUT2D eigenvalue weighted by Crippen LogP contribution is -2.11. The van der Waals surface area contributed by atoms with Crippen LogP contribution < -0.4 is 5.73 Å². The Morgan fingerprint density at radius 3 is 2.67 bits per heavy atom. The molecule has 12 heavy (non-hydrogen) atoms. The van der Waals surface area contributed by atoms with Crippen LogP contribution in [0.3, 0.4) is 0 Å². The summed E-state index contributed by atoms with van der Waals surface area (Å²) >= 11 is 0. The Labute approximate surface area is 71.3 Å². The third kappa shape index (κ3) is 1.62. The van der Waals surface area contributed by atoms with Crippen LogP contribution in [0.5, 0.6) is 0 Å². The highest BCUT2D eigenvalue weighted by Crippen LogP contribution is 2.10. The molecular formula is C9H12N2O. The molecule has 1 aromatic rings. The Balaban J connectivity index is 3.10. The SMILES string of the molecule is Cc1cc(C(=N)N)ccc1CO. The zero-order valence-electron chi connectivity index (χ0n) is 6.96. The fourth-order valence-electron chi connectivity index (χ4n) is 1.04. The lowest BCUT2D eigenvalue weighted by molar-refractivity contribution is 0.281. The number of nitrogen functional groups attached to an aromatic ring is 1. The molecule has 0 amide bonds. The summed E-state index contributed by atoms with van der Waals surface area (Å²) in [5, 5.41) is 16.0. The van der Waals surface area contributed by atoms with Crippen molar-refractivity contribution in [3.63, 3.8) is 0 Å². The molecule has 64 valence electrons. The highest BCUT2D eigenvalue weighted by molar-refractivity contribution is 5.95. The maximum atomic E-state index is 8.86. The molecular weight excluding hydrogens is 152 g/mol. The van der Waals surface area contributed by atoms with Crippen LogP contribution in [0.2, 0.25) is 0 Å². The van der Waals surface area contributed by atoms with Crippen molar-refractivity contribution in [1.29, 1.82) is 5.41 Å². The molecule has 3 heteroatoms. The van der Waals surface area contributed by atoms with Gasteiger partial charge in [-0.15, -0.1) is 0 Å². The Kier molecular flexibility index (Phi) is 2.45. The average Bonchev–Trinajstić information content (AvgIpc) is 2.04. The van der Waals surface area contributed by atoms with Crippen molar-refractivity contribution in [1.82, 2.24) is 0 Å². The molecule has 0 saturated heterocycles. The molecule has 0 aliphatic heterocycles. The summed E-state index contributed by atoms with van der Waals surface area (Å²) in [5.74, 6) is 0.0580. The number of aliphatic hydroxyl groups excluding tert-OH is 1. The molecule has 0 aromatic heterocycles. The topological polar surface area (TPSA) is 70.1 Å². The molecule has 0 fully saturated rings. The van der Waals surface area contributed by atoms with E-state index in [1.807, 2.05) is 6.92 Å². The molecule has 0 spiro atoms. The predicted molar refractivity (Wildman–Crippen MR) is 48.1 cm³/mol.